The Morgan fingerprint density at radius 2 is 1.94 bits per heavy atom. The second-order valence-corrected chi connectivity index (χ2v) is 9.23. The van der Waals surface area contributed by atoms with E-state index in [9.17, 15) is 9.65 Å². The highest BCUT2D eigenvalue weighted by molar-refractivity contribution is 6.30. The molecule has 2 aliphatic rings. The lowest BCUT2D eigenvalue weighted by Gasteiger charge is -2.32. The van der Waals surface area contributed by atoms with Crippen LogP contribution in [0.3, 0.4) is 0 Å². The number of nitriles is 1. The van der Waals surface area contributed by atoms with Gasteiger partial charge in [0.05, 0.1) is 30.0 Å². The van der Waals surface area contributed by atoms with Gasteiger partial charge in [0.1, 0.15) is 17.5 Å². The third kappa shape index (κ3) is 4.07. The lowest BCUT2D eigenvalue weighted by molar-refractivity contribution is 0.225. The van der Waals surface area contributed by atoms with E-state index >= 15 is 0 Å². The summed E-state index contributed by atoms with van der Waals surface area (Å²) in [5.74, 6) is 2.56. The van der Waals surface area contributed by atoms with Gasteiger partial charge in [-0.25, -0.2) is 9.37 Å². The fraction of sp³-hybridized carbons (Fsp3) is 0.417. The first-order valence-corrected chi connectivity index (χ1v) is 11.6. The van der Waals surface area contributed by atoms with E-state index in [1.807, 2.05) is 25.1 Å². The van der Waals surface area contributed by atoms with Gasteiger partial charge >= 0.3 is 0 Å². The normalized spacial score (nSPS) is 17.7. The first-order chi connectivity index (χ1) is 15.9. The molecule has 170 valence electrons. The van der Waals surface area contributed by atoms with Crippen molar-refractivity contribution in [2.24, 2.45) is 0 Å². The topological polar surface area (TPSA) is 73.9 Å². The van der Waals surface area contributed by atoms with Gasteiger partial charge in [-0.1, -0.05) is 11.6 Å². The SMILES string of the molecule is Cc1nc(N2CCC(c3nnc4n3-c3ccc(Cl)cc3CN(C(C)C#N)C4)CC2)ccc1F. The van der Waals surface area contributed by atoms with Crippen molar-refractivity contribution in [3.63, 3.8) is 0 Å². The van der Waals surface area contributed by atoms with Crippen molar-refractivity contribution in [3.8, 4) is 11.8 Å². The van der Waals surface area contributed by atoms with Gasteiger partial charge in [-0.15, -0.1) is 10.2 Å². The Morgan fingerprint density at radius 1 is 1.15 bits per heavy atom. The average Bonchev–Trinajstić information content (AvgIpc) is 3.16. The summed E-state index contributed by atoms with van der Waals surface area (Å²) in [6.45, 7) is 6.40. The second-order valence-electron chi connectivity index (χ2n) is 8.79. The van der Waals surface area contributed by atoms with Crippen LogP contribution in [-0.4, -0.2) is 43.8 Å². The van der Waals surface area contributed by atoms with Crippen LogP contribution in [0.5, 0.6) is 0 Å². The zero-order chi connectivity index (χ0) is 23.1. The molecule has 0 amide bonds. The molecule has 4 heterocycles. The van der Waals surface area contributed by atoms with Crippen molar-refractivity contribution in [3.05, 3.63) is 64.1 Å². The van der Waals surface area contributed by atoms with E-state index in [1.54, 1.807) is 13.0 Å². The third-order valence-corrected chi connectivity index (χ3v) is 6.92. The van der Waals surface area contributed by atoms with E-state index in [4.69, 9.17) is 11.6 Å². The van der Waals surface area contributed by atoms with Crippen molar-refractivity contribution in [2.75, 3.05) is 18.0 Å². The molecule has 0 N–H and O–H groups in total. The quantitative estimate of drug-likeness (QED) is 0.571. The number of rotatable bonds is 3. The van der Waals surface area contributed by atoms with E-state index in [1.165, 1.54) is 6.07 Å². The monoisotopic (exact) mass is 465 g/mol. The Balaban J connectivity index is 1.44. The summed E-state index contributed by atoms with van der Waals surface area (Å²) in [5, 5.41) is 19.3. The summed E-state index contributed by atoms with van der Waals surface area (Å²) in [7, 11) is 0. The maximum Gasteiger partial charge on any atom is 0.151 e. The molecule has 0 spiro atoms. The van der Waals surface area contributed by atoms with Crippen LogP contribution in [0, 0.1) is 24.1 Å². The van der Waals surface area contributed by atoms with Crippen molar-refractivity contribution in [1.29, 1.82) is 5.26 Å². The molecule has 1 unspecified atom stereocenters. The number of pyridine rings is 1. The van der Waals surface area contributed by atoms with Crippen LogP contribution in [0.1, 0.15) is 48.6 Å². The van der Waals surface area contributed by atoms with E-state index in [0.717, 1.165) is 54.6 Å². The van der Waals surface area contributed by atoms with Gasteiger partial charge in [-0.05, 0) is 62.6 Å². The molecule has 1 atom stereocenters. The molecule has 1 saturated heterocycles. The second kappa shape index (κ2) is 8.73. The molecule has 2 aliphatic heterocycles. The predicted octanol–water partition coefficient (Wildman–Crippen LogP) is 4.37. The lowest BCUT2D eigenvalue weighted by atomic mass is 9.95. The number of halogens is 2. The van der Waals surface area contributed by atoms with E-state index < -0.39 is 0 Å². The summed E-state index contributed by atoms with van der Waals surface area (Å²) < 4.78 is 15.8. The largest absolute Gasteiger partial charge is 0.357 e. The van der Waals surface area contributed by atoms with Crippen molar-refractivity contribution < 1.29 is 4.39 Å². The molecule has 0 radical (unpaired) electrons. The van der Waals surface area contributed by atoms with Gasteiger partial charge in [0, 0.05) is 30.6 Å². The number of nitrogens with zero attached hydrogens (tertiary/aromatic N) is 7. The number of hydrogen-bond donors (Lipinski definition) is 0. The standard InChI is InChI=1S/C24H25ClFN7/c1-15(12-27)32-13-18-11-19(25)3-5-21(18)33-23(14-32)29-30-24(33)17-7-9-31(10-8-17)22-6-4-20(26)16(2)28-22/h3-6,11,15,17H,7-10,13-14H2,1-2H3. The van der Waals surface area contributed by atoms with Gasteiger partial charge in [0.25, 0.3) is 0 Å². The molecule has 7 nitrogen and oxygen atoms in total. The van der Waals surface area contributed by atoms with Gasteiger partial charge in [-0.3, -0.25) is 9.47 Å². The van der Waals surface area contributed by atoms with Crippen LogP contribution in [0.2, 0.25) is 5.02 Å². The molecular formula is C24H25ClFN7. The van der Waals surface area contributed by atoms with E-state index in [2.05, 4.69) is 35.6 Å². The van der Waals surface area contributed by atoms with Crippen LogP contribution in [0.15, 0.2) is 30.3 Å². The van der Waals surface area contributed by atoms with Gasteiger partial charge in [-0.2, -0.15) is 5.26 Å². The van der Waals surface area contributed by atoms with Gasteiger partial charge in [0.15, 0.2) is 5.82 Å². The van der Waals surface area contributed by atoms with Gasteiger partial charge in [0.2, 0.25) is 0 Å². The van der Waals surface area contributed by atoms with Crippen LogP contribution in [-0.2, 0) is 13.1 Å². The molecule has 2 aromatic heterocycles. The predicted molar refractivity (Wildman–Crippen MR) is 124 cm³/mol. The zero-order valence-electron chi connectivity index (χ0n) is 18.7. The lowest BCUT2D eigenvalue weighted by Crippen LogP contribution is -2.34. The summed E-state index contributed by atoms with van der Waals surface area (Å²) >= 11 is 6.32. The Kier molecular flexibility index (Phi) is 5.77. The average molecular weight is 466 g/mol. The van der Waals surface area contributed by atoms with E-state index in [-0.39, 0.29) is 17.8 Å². The van der Waals surface area contributed by atoms with Crippen molar-refractivity contribution in [2.45, 2.75) is 51.7 Å². The number of piperidine rings is 1. The Bertz CT molecular complexity index is 1230. The summed E-state index contributed by atoms with van der Waals surface area (Å²) in [4.78, 5) is 8.71. The fourth-order valence-electron chi connectivity index (χ4n) is 4.74. The fourth-order valence-corrected chi connectivity index (χ4v) is 4.94. The number of aryl methyl sites for hydroxylation is 1. The molecule has 3 aromatic rings. The summed E-state index contributed by atoms with van der Waals surface area (Å²) in [6.07, 6.45) is 1.80. The van der Waals surface area contributed by atoms with Crippen LogP contribution in [0.4, 0.5) is 10.2 Å². The summed E-state index contributed by atoms with van der Waals surface area (Å²) in [5.41, 5.74) is 2.51. The maximum absolute atomic E-state index is 13.6. The van der Waals surface area contributed by atoms with Crippen molar-refractivity contribution in [1.82, 2.24) is 24.6 Å². The molecule has 0 bridgehead atoms. The molecular weight excluding hydrogens is 441 g/mol. The number of hydrogen-bond acceptors (Lipinski definition) is 6. The molecule has 9 heteroatoms. The van der Waals surface area contributed by atoms with Gasteiger partial charge < -0.3 is 4.90 Å². The maximum atomic E-state index is 13.6. The highest BCUT2D eigenvalue weighted by atomic mass is 35.5. The first-order valence-electron chi connectivity index (χ1n) is 11.2. The van der Waals surface area contributed by atoms with Crippen LogP contribution < -0.4 is 4.90 Å². The zero-order valence-corrected chi connectivity index (χ0v) is 19.4. The minimum Gasteiger partial charge on any atom is -0.357 e. The molecule has 1 aromatic carbocycles. The molecule has 0 saturated carbocycles. The third-order valence-electron chi connectivity index (χ3n) is 6.68. The highest BCUT2D eigenvalue weighted by Crippen LogP contribution is 2.34. The molecule has 0 aliphatic carbocycles. The smallest absolute Gasteiger partial charge is 0.151 e. The number of anilines is 1. The minimum absolute atomic E-state index is 0.243. The molecule has 1 fully saturated rings. The summed E-state index contributed by atoms with van der Waals surface area (Å²) in [6, 6.07) is 11.2. The molecule has 5 rings (SSSR count). The van der Waals surface area contributed by atoms with E-state index in [0.29, 0.717) is 23.8 Å². The Hall–Kier alpha value is -3.02. The highest BCUT2D eigenvalue weighted by Gasteiger charge is 2.31. The van der Waals surface area contributed by atoms with Crippen LogP contribution >= 0.6 is 11.6 Å². The number of fused-ring (bicyclic) bond motifs is 3. The Morgan fingerprint density at radius 3 is 2.67 bits per heavy atom. The first kappa shape index (κ1) is 21.8. The van der Waals surface area contributed by atoms with Crippen molar-refractivity contribution >= 4 is 17.4 Å². The number of aromatic nitrogens is 4. The minimum atomic E-state index is -0.279. The molecule has 33 heavy (non-hydrogen) atoms. The number of benzene rings is 1. The van der Waals surface area contributed by atoms with Crippen LogP contribution in [0.25, 0.3) is 5.69 Å². The Labute approximate surface area is 197 Å².